The zero-order valence-electron chi connectivity index (χ0n) is 12.1. The van der Waals surface area contributed by atoms with Crippen molar-refractivity contribution in [3.8, 4) is 0 Å². The Morgan fingerprint density at radius 1 is 1.10 bits per heavy atom. The summed E-state index contributed by atoms with van der Waals surface area (Å²) in [6.45, 7) is 3.82. The molecular weight excluding hydrogens is 280 g/mol. The maximum absolute atomic E-state index is 12.2. The topological polar surface area (TPSA) is 33.2 Å². The lowest BCUT2D eigenvalue weighted by Gasteiger charge is -2.14. The van der Waals surface area contributed by atoms with Crippen molar-refractivity contribution in [2.45, 2.75) is 29.7 Å². The highest BCUT2D eigenvalue weighted by molar-refractivity contribution is 7.99. The van der Waals surface area contributed by atoms with Crippen LogP contribution in [-0.4, -0.2) is 28.9 Å². The molecule has 1 aliphatic rings. The Kier molecular flexibility index (Phi) is 4.25. The van der Waals surface area contributed by atoms with Crippen LogP contribution >= 0.6 is 11.8 Å². The summed E-state index contributed by atoms with van der Waals surface area (Å²) in [5.74, 6) is 0.104. The summed E-state index contributed by atoms with van der Waals surface area (Å²) in [6, 6.07) is 12.2. The van der Waals surface area contributed by atoms with E-state index < -0.39 is 0 Å². The lowest BCUT2D eigenvalue weighted by atomic mass is 10.2. The summed E-state index contributed by atoms with van der Waals surface area (Å²) < 4.78 is 0. The standard InChI is InChI=1S/C17H18N2OS/c1-13-4-7-15(8-5-13)21-16-9-6-14(12-18-16)17(20)19-10-2-3-11-19/h4-9,12H,2-3,10-11H2,1H3. The smallest absolute Gasteiger partial charge is 0.255 e. The van der Waals surface area contributed by atoms with Crippen molar-refractivity contribution in [2.24, 2.45) is 0 Å². The average molecular weight is 298 g/mol. The van der Waals surface area contributed by atoms with E-state index in [1.165, 1.54) is 5.56 Å². The van der Waals surface area contributed by atoms with E-state index in [0.29, 0.717) is 5.56 Å². The molecule has 3 rings (SSSR count). The molecule has 21 heavy (non-hydrogen) atoms. The van der Waals surface area contributed by atoms with Crippen LogP contribution in [0, 0.1) is 6.92 Å². The van der Waals surface area contributed by atoms with E-state index in [2.05, 4.69) is 36.2 Å². The molecule has 1 aromatic heterocycles. The van der Waals surface area contributed by atoms with Crippen LogP contribution in [0.25, 0.3) is 0 Å². The number of nitrogens with zero attached hydrogens (tertiary/aromatic N) is 2. The minimum atomic E-state index is 0.104. The molecule has 3 nitrogen and oxygen atoms in total. The Hall–Kier alpha value is -1.81. The number of carbonyl (C=O) groups is 1. The van der Waals surface area contributed by atoms with Gasteiger partial charge in [0.25, 0.3) is 5.91 Å². The maximum atomic E-state index is 12.2. The minimum absolute atomic E-state index is 0.104. The number of aryl methyl sites for hydroxylation is 1. The van der Waals surface area contributed by atoms with Gasteiger partial charge in [-0.1, -0.05) is 29.5 Å². The second-order valence-corrected chi connectivity index (χ2v) is 6.39. The zero-order chi connectivity index (χ0) is 14.7. The highest BCUT2D eigenvalue weighted by atomic mass is 32.2. The van der Waals surface area contributed by atoms with Gasteiger partial charge in [0.15, 0.2) is 0 Å². The van der Waals surface area contributed by atoms with Crippen LogP contribution in [0.4, 0.5) is 0 Å². The van der Waals surface area contributed by atoms with Gasteiger partial charge < -0.3 is 4.90 Å². The average Bonchev–Trinajstić information content (AvgIpc) is 3.04. The number of aromatic nitrogens is 1. The van der Waals surface area contributed by atoms with Gasteiger partial charge in [-0.25, -0.2) is 4.98 Å². The van der Waals surface area contributed by atoms with E-state index in [4.69, 9.17) is 0 Å². The number of likely N-dealkylation sites (tertiary alicyclic amines) is 1. The van der Waals surface area contributed by atoms with Gasteiger partial charge in [0.2, 0.25) is 0 Å². The first-order valence-corrected chi connectivity index (χ1v) is 8.04. The summed E-state index contributed by atoms with van der Waals surface area (Å²) >= 11 is 1.61. The van der Waals surface area contributed by atoms with Gasteiger partial charge >= 0.3 is 0 Å². The predicted molar refractivity (Wildman–Crippen MR) is 84.7 cm³/mol. The van der Waals surface area contributed by atoms with Gasteiger partial charge in [-0.05, 0) is 44.0 Å². The number of rotatable bonds is 3. The molecule has 2 heterocycles. The zero-order valence-corrected chi connectivity index (χ0v) is 12.9. The van der Waals surface area contributed by atoms with E-state index in [1.807, 2.05) is 17.0 Å². The quantitative estimate of drug-likeness (QED) is 0.864. The lowest BCUT2D eigenvalue weighted by molar-refractivity contribution is 0.0792. The van der Waals surface area contributed by atoms with Crippen LogP contribution in [-0.2, 0) is 0 Å². The number of pyridine rings is 1. The summed E-state index contributed by atoms with van der Waals surface area (Å²) in [5, 5.41) is 0.914. The fraction of sp³-hybridized carbons (Fsp3) is 0.294. The van der Waals surface area contributed by atoms with Gasteiger partial charge in [-0.3, -0.25) is 4.79 Å². The third-order valence-electron chi connectivity index (χ3n) is 3.62. The molecule has 1 aromatic carbocycles. The number of benzene rings is 1. The molecule has 0 bridgehead atoms. The van der Waals surface area contributed by atoms with Crippen molar-refractivity contribution < 1.29 is 4.79 Å². The predicted octanol–water partition coefficient (Wildman–Crippen LogP) is 3.78. The molecule has 1 fully saturated rings. The van der Waals surface area contributed by atoms with Crippen molar-refractivity contribution in [3.05, 3.63) is 53.7 Å². The molecule has 4 heteroatoms. The molecule has 1 saturated heterocycles. The first-order valence-electron chi connectivity index (χ1n) is 7.22. The lowest BCUT2D eigenvalue weighted by Crippen LogP contribution is -2.27. The molecule has 2 aromatic rings. The van der Waals surface area contributed by atoms with Crippen LogP contribution in [0.15, 0.2) is 52.5 Å². The van der Waals surface area contributed by atoms with E-state index in [0.717, 1.165) is 35.9 Å². The summed E-state index contributed by atoms with van der Waals surface area (Å²) in [7, 11) is 0. The SMILES string of the molecule is Cc1ccc(Sc2ccc(C(=O)N3CCCC3)cn2)cc1. The highest BCUT2D eigenvalue weighted by Gasteiger charge is 2.19. The molecule has 1 aliphatic heterocycles. The van der Waals surface area contributed by atoms with Crippen LogP contribution < -0.4 is 0 Å². The molecule has 0 saturated carbocycles. The summed E-state index contributed by atoms with van der Waals surface area (Å²) in [4.78, 5) is 19.7. The molecule has 0 aliphatic carbocycles. The van der Waals surface area contributed by atoms with Gasteiger partial charge in [0, 0.05) is 24.2 Å². The number of hydrogen-bond donors (Lipinski definition) is 0. The first kappa shape index (κ1) is 14.1. The van der Waals surface area contributed by atoms with Gasteiger partial charge in [0.1, 0.15) is 5.03 Å². The van der Waals surface area contributed by atoms with Gasteiger partial charge in [-0.15, -0.1) is 0 Å². The Morgan fingerprint density at radius 2 is 1.81 bits per heavy atom. The monoisotopic (exact) mass is 298 g/mol. The molecule has 0 N–H and O–H groups in total. The molecule has 108 valence electrons. The largest absolute Gasteiger partial charge is 0.339 e. The Labute approximate surface area is 129 Å². The van der Waals surface area contributed by atoms with Crippen molar-refractivity contribution in [2.75, 3.05) is 13.1 Å². The minimum Gasteiger partial charge on any atom is -0.339 e. The second-order valence-electron chi connectivity index (χ2n) is 5.30. The maximum Gasteiger partial charge on any atom is 0.255 e. The fourth-order valence-corrected chi connectivity index (χ4v) is 3.15. The van der Waals surface area contributed by atoms with Crippen LogP contribution in [0.5, 0.6) is 0 Å². The summed E-state index contributed by atoms with van der Waals surface area (Å²) in [6.07, 6.45) is 3.91. The molecule has 0 unspecified atom stereocenters. The number of carbonyl (C=O) groups excluding carboxylic acids is 1. The summed E-state index contributed by atoms with van der Waals surface area (Å²) in [5.41, 5.74) is 1.93. The third-order valence-corrected chi connectivity index (χ3v) is 4.58. The van der Waals surface area contributed by atoms with Crippen LogP contribution in [0.2, 0.25) is 0 Å². The van der Waals surface area contributed by atoms with E-state index >= 15 is 0 Å². The molecule has 0 spiro atoms. The third kappa shape index (κ3) is 3.45. The van der Waals surface area contributed by atoms with E-state index in [-0.39, 0.29) is 5.91 Å². The first-order chi connectivity index (χ1) is 10.2. The van der Waals surface area contributed by atoms with Crippen molar-refractivity contribution >= 4 is 17.7 Å². The molecular formula is C17H18N2OS. The van der Waals surface area contributed by atoms with Crippen molar-refractivity contribution in [1.29, 1.82) is 0 Å². The van der Waals surface area contributed by atoms with Crippen LogP contribution in [0.3, 0.4) is 0 Å². The molecule has 0 atom stereocenters. The van der Waals surface area contributed by atoms with Crippen molar-refractivity contribution in [3.63, 3.8) is 0 Å². The molecule has 1 amide bonds. The van der Waals surface area contributed by atoms with Crippen molar-refractivity contribution in [1.82, 2.24) is 9.88 Å². The molecule has 0 radical (unpaired) electrons. The van der Waals surface area contributed by atoms with Gasteiger partial charge in [0.05, 0.1) is 5.56 Å². The normalized spacial score (nSPS) is 14.4. The fourth-order valence-electron chi connectivity index (χ4n) is 2.40. The van der Waals surface area contributed by atoms with E-state index in [9.17, 15) is 4.79 Å². The number of hydrogen-bond acceptors (Lipinski definition) is 3. The second kappa shape index (κ2) is 6.31. The number of amides is 1. The van der Waals surface area contributed by atoms with E-state index in [1.54, 1.807) is 18.0 Å². The Morgan fingerprint density at radius 3 is 2.43 bits per heavy atom. The Balaban J connectivity index is 1.68. The highest BCUT2D eigenvalue weighted by Crippen LogP contribution is 2.26. The van der Waals surface area contributed by atoms with Crippen LogP contribution in [0.1, 0.15) is 28.8 Å². The van der Waals surface area contributed by atoms with Gasteiger partial charge in [-0.2, -0.15) is 0 Å². The Bertz CT molecular complexity index is 616.